The van der Waals surface area contributed by atoms with Crippen molar-refractivity contribution in [3.05, 3.63) is 64.6 Å². The first kappa shape index (κ1) is 24.4. The average molecular weight is 445 g/mol. The zero-order chi connectivity index (χ0) is 23.7. The number of alkyl halides is 1. The molecule has 1 aromatic carbocycles. The molecule has 9 nitrogen and oxygen atoms in total. The fourth-order valence-corrected chi connectivity index (χ4v) is 3.02. The number of hydrogen-bond donors (Lipinski definition) is 3. The number of benzene rings is 1. The molecule has 0 saturated carbocycles. The number of nitrogens with zero attached hydrogens (tertiary/aromatic N) is 1. The van der Waals surface area contributed by atoms with E-state index in [1.54, 1.807) is 37.3 Å². The highest BCUT2D eigenvalue weighted by atomic mass is 19.1. The Bertz CT molecular complexity index is 1040. The SMILES string of the molecule is CCC(=O)Nc1cccn([C@@H](Cc2ccccc2)C(=O)N[C@H](CC(=O)O)C(=O)CF)c1=O. The maximum Gasteiger partial charge on any atom is 0.305 e. The van der Waals surface area contributed by atoms with Gasteiger partial charge in [0.2, 0.25) is 11.8 Å². The fraction of sp³-hybridized carbons (Fsp3) is 0.318. The second kappa shape index (κ2) is 11.5. The van der Waals surface area contributed by atoms with Gasteiger partial charge in [0.1, 0.15) is 24.4 Å². The molecule has 0 saturated heterocycles. The van der Waals surface area contributed by atoms with Crippen LogP contribution in [0.5, 0.6) is 0 Å². The molecule has 0 unspecified atom stereocenters. The van der Waals surface area contributed by atoms with Crippen molar-refractivity contribution in [1.82, 2.24) is 9.88 Å². The molecule has 2 amide bonds. The van der Waals surface area contributed by atoms with Crippen LogP contribution in [0.4, 0.5) is 10.1 Å². The predicted octanol–water partition coefficient (Wildman–Crippen LogP) is 1.48. The second-order valence-corrected chi connectivity index (χ2v) is 7.00. The third kappa shape index (κ3) is 6.59. The van der Waals surface area contributed by atoms with E-state index < -0.39 is 48.4 Å². The van der Waals surface area contributed by atoms with E-state index in [-0.39, 0.29) is 24.4 Å². The molecule has 0 radical (unpaired) electrons. The van der Waals surface area contributed by atoms with Crippen LogP contribution in [0, 0.1) is 0 Å². The number of Topliss-reactive ketones (excluding diaryl/α,β-unsaturated/α-hetero) is 1. The first-order chi connectivity index (χ1) is 15.3. The number of carboxylic acid groups (broad SMARTS) is 1. The highest BCUT2D eigenvalue weighted by Crippen LogP contribution is 2.15. The van der Waals surface area contributed by atoms with Crippen molar-refractivity contribution >= 4 is 29.3 Å². The van der Waals surface area contributed by atoms with E-state index in [0.717, 1.165) is 4.57 Å². The minimum atomic E-state index is -1.58. The number of carbonyl (C=O) groups is 4. The Morgan fingerprint density at radius 1 is 1.09 bits per heavy atom. The molecule has 3 N–H and O–H groups in total. The summed E-state index contributed by atoms with van der Waals surface area (Å²) in [6, 6.07) is 8.81. The average Bonchev–Trinajstić information content (AvgIpc) is 2.78. The van der Waals surface area contributed by atoms with Gasteiger partial charge in [-0.05, 0) is 17.7 Å². The highest BCUT2D eigenvalue weighted by Gasteiger charge is 2.29. The summed E-state index contributed by atoms with van der Waals surface area (Å²) in [6.45, 7) is 0.174. The molecule has 1 aromatic heterocycles. The number of anilines is 1. The van der Waals surface area contributed by atoms with E-state index in [2.05, 4.69) is 10.6 Å². The Morgan fingerprint density at radius 3 is 2.38 bits per heavy atom. The van der Waals surface area contributed by atoms with Gasteiger partial charge in [-0.25, -0.2) is 4.39 Å². The minimum Gasteiger partial charge on any atom is -0.481 e. The van der Waals surface area contributed by atoms with Crippen LogP contribution in [0.15, 0.2) is 53.5 Å². The molecular weight excluding hydrogens is 421 g/mol. The maximum absolute atomic E-state index is 13.1. The zero-order valence-corrected chi connectivity index (χ0v) is 17.4. The first-order valence-corrected chi connectivity index (χ1v) is 9.92. The summed E-state index contributed by atoms with van der Waals surface area (Å²) in [4.78, 5) is 60.6. The first-order valence-electron chi connectivity index (χ1n) is 9.92. The Labute approximate surface area is 183 Å². The van der Waals surface area contributed by atoms with Gasteiger partial charge in [-0.2, -0.15) is 0 Å². The monoisotopic (exact) mass is 445 g/mol. The topological polar surface area (TPSA) is 135 Å². The lowest BCUT2D eigenvalue weighted by Crippen LogP contribution is -2.47. The fourth-order valence-electron chi connectivity index (χ4n) is 3.02. The molecule has 0 spiro atoms. The van der Waals surface area contributed by atoms with Gasteiger partial charge in [0.15, 0.2) is 5.78 Å². The number of hydrogen-bond acceptors (Lipinski definition) is 5. The summed E-state index contributed by atoms with van der Waals surface area (Å²) in [5, 5.41) is 13.7. The third-order valence-corrected chi connectivity index (χ3v) is 4.70. The lowest BCUT2D eigenvalue weighted by atomic mass is 10.0. The smallest absolute Gasteiger partial charge is 0.305 e. The molecule has 32 heavy (non-hydrogen) atoms. The van der Waals surface area contributed by atoms with Crippen molar-refractivity contribution in [2.75, 3.05) is 12.0 Å². The molecular formula is C22H24FN3O6. The number of pyridine rings is 1. The second-order valence-electron chi connectivity index (χ2n) is 7.00. The normalized spacial score (nSPS) is 12.4. The molecule has 2 atom stereocenters. The van der Waals surface area contributed by atoms with Gasteiger partial charge in [-0.15, -0.1) is 0 Å². The molecule has 0 aliphatic rings. The highest BCUT2D eigenvalue weighted by molar-refractivity contribution is 5.93. The van der Waals surface area contributed by atoms with Crippen LogP contribution in [0.2, 0.25) is 0 Å². The molecule has 2 rings (SSSR count). The third-order valence-electron chi connectivity index (χ3n) is 4.70. The predicted molar refractivity (Wildman–Crippen MR) is 114 cm³/mol. The largest absolute Gasteiger partial charge is 0.481 e. The molecule has 10 heteroatoms. The molecule has 1 heterocycles. The van der Waals surface area contributed by atoms with E-state index in [0.29, 0.717) is 5.56 Å². The number of aliphatic carboxylic acids is 1. The van der Waals surface area contributed by atoms with Crippen molar-refractivity contribution < 1.29 is 28.7 Å². The van der Waals surface area contributed by atoms with Gasteiger partial charge >= 0.3 is 5.97 Å². The minimum absolute atomic E-state index is 0.0291. The van der Waals surface area contributed by atoms with Crippen LogP contribution < -0.4 is 16.2 Å². The summed E-state index contributed by atoms with van der Waals surface area (Å²) >= 11 is 0. The van der Waals surface area contributed by atoms with E-state index in [4.69, 9.17) is 5.11 Å². The Hall–Kier alpha value is -3.82. The molecule has 0 aliphatic carbocycles. The molecule has 170 valence electrons. The van der Waals surface area contributed by atoms with Gasteiger partial charge in [0, 0.05) is 19.0 Å². The number of amides is 2. The molecule has 0 aliphatic heterocycles. The number of rotatable bonds is 11. The van der Waals surface area contributed by atoms with Crippen LogP contribution in [-0.4, -0.2) is 46.0 Å². The summed E-state index contributed by atoms with van der Waals surface area (Å²) in [5.74, 6) is -3.70. The van der Waals surface area contributed by atoms with Crippen molar-refractivity contribution in [1.29, 1.82) is 0 Å². The van der Waals surface area contributed by atoms with Crippen LogP contribution in [0.25, 0.3) is 0 Å². The summed E-state index contributed by atoms with van der Waals surface area (Å²) in [6.07, 6.45) is 0.722. The lowest BCUT2D eigenvalue weighted by molar-refractivity contribution is -0.140. The van der Waals surface area contributed by atoms with Crippen LogP contribution in [-0.2, 0) is 25.6 Å². The summed E-state index contributed by atoms with van der Waals surface area (Å²) < 4.78 is 14.0. The number of aromatic nitrogens is 1. The molecule has 2 aromatic rings. The Kier molecular flexibility index (Phi) is 8.82. The summed E-state index contributed by atoms with van der Waals surface area (Å²) in [5.41, 5.74) is -0.00161. The lowest BCUT2D eigenvalue weighted by Gasteiger charge is -2.23. The zero-order valence-electron chi connectivity index (χ0n) is 17.4. The number of halogens is 1. The van der Waals surface area contributed by atoms with Crippen LogP contribution >= 0.6 is 0 Å². The Morgan fingerprint density at radius 2 is 1.78 bits per heavy atom. The molecule has 0 bridgehead atoms. The van der Waals surface area contributed by atoms with Crippen LogP contribution in [0.3, 0.4) is 0 Å². The van der Waals surface area contributed by atoms with Gasteiger partial charge in [0.05, 0.1) is 6.42 Å². The summed E-state index contributed by atoms with van der Waals surface area (Å²) in [7, 11) is 0. The van der Waals surface area contributed by atoms with Gasteiger partial charge in [-0.1, -0.05) is 37.3 Å². The van der Waals surface area contributed by atoms with Gasteiger partial charge in [-0.3, -0.25) is 24.0 Å². The van der Waals surface area contributed by atoms with E-state index in [1.807, 2.05) is 0 Å². The van der Waals surface area contributed by atoms with Crippen molar-refractivity contribution in [3.8, 4) is 0 Å². The van der Waals surface area contributed by atoms with Crippen molar-refractivity contribution in [2.24, 2.45) is 0 Å². The standard InChI is InChI=1S/C22H24FN3O6/c1-2-19(28)24-15-9-6-10-26(22(15)32)17(11-14-7-4-3-5-8-14)21(31)25-16(12-20(29)30)18(27)13-23/h3-10,16-17H,2,11-13H2,1H3,(H,24,28)(H,25,31)(H,29,30)/t16-,17+/m1/s1. The maximum atomic E-state index is 13.1. The van der Waals surface area contributed by atoms with Crippen molar-refractivity contribution in [2.45, 2.75) is 38.3 Å². The van der Waals surface area contributed by atoms with Crippen molar-refractivity contribution in [3.63, 3.8) is 0 Å². The van der Waals surface area contributed by atoms with E-state index in [9.17, 15) is 28.4 Å². The number of nitrogens with one attached hydrogen (secondary N) is 2. The Balaban J connectivity index is 2.44. The van der Waals surface area contributed by atoms with E-state index >= 15 is 0 Å². The van der Waals surface area contributed by atoms with Crippen LogP contribution in [0.1, 0.15) is 31.4 Å². The molecule has 0 fully saturated rings. The number of carboxylic acids is 1. The van der Waals surface area contributed by atoms with Gasteiger partial charge in [0.25, 0.3) is 5.56 Å². The van der Waals surface area contributed by atoms with Gasteiger partial charge < -0.3 is 20.3 Å². The van der Waals surface area contributed by atoms with E-state index in [1.165, 1.54) is 18.3 Å². The number of ketones is 1. The quantitative estimate of drug-likeness (QED) is 0.480. The number of carbonyl (C=O) groups excluding carboxylic acids is 3.